The Morgan fingerprint density at radius 3 is 2.60 bits per heavy atom. The Kier molecular flexibility index (Phi) is 15.7. The molecule has 0 saturated heterocycles. The highest BCUT2D eigenvalue weighted by Gasteiger charge is 2.09. The van der Waals surface area contributed by atoms with Crippen molar-refractivity contribution < 1.29 is 14.7 Å². The summed E-state index contributed by atoms with van der Waals surface area (Å²) in [6.07, 6.45) is 11.0. The molecule has 0 unspecified atom stereocenters. The van der Waals surface area contributed by atoms with Gasteiger partial charge in [-0.25, -0.2) is 5.48 Å². The molecule has 1 aromatic carbocycles. The van der Waals surface area contributed by atoms with E-state index in [1.54, 1.807) is 24.7 Å². The fraction of sp³-hybridized carbons (Fsp3) is 0.375. The van der Waals surface area contributed by atoms with Gasteiger partial charge in [-0.1, -0.05) is 38.1 Å². The van der Waals surface area contributed by atoms with Crippen molar-refractivity contribution >= 4 is 22.9 Å². The fourth-order valence-corrected chi connectivity index (χ4v) is 2.62. The molecule has 0 aliphatic carbocycles. The Hall–Kier alpha value is -2.67. The van der Waals surface area contributed by atoms with Crippen LogP contribution in [-0.2, 0) is 22.6 Å². The molecule has 6 heteroatoms. The van der Waals surface area contributed by atoms with Crippen LogP contribution in [-0.4, -0.2) is 35.9 Å². The maximum Gasteiger partial charge on any atom is 0.267 e. The third kappa shape index (κ3) is 9.69. The minimum absolute atomic E-state index is 0.550. The molecule has 30 heavy (non-hydrogen) atoms. The Bertz CT molecular complexity index is 807. The molecule has 1 amide bonds. The zero-order valence-electron chi connectivity index (χ0n) is 18.9. The predicted octanol–water partition coefficient (Wildman–Crippen LogP) is 4.69. The number of rotatable bonds is 9. The second kappa shape index (κ2) is 17.2. The number of nitrogens with one attached hydrogen (secondary N) is 2. The van der Waals surface area contributed by atoms with Crippen molar-refractivity contribution in [1.29, 1.82) is 0 Å². The van der Waals surface area contributed by atoms with E-state index in [-0.39, 0.29) is 0 Å². The van der Waals surface area contributed by atoms with Crippen molar-refractivity contribution in [3.8, 4) is 0 Å². The van der Waals surface area contributed by atoms with Crippen LogP contribution in [0.25, 0.3) is 17.0 Å². The smallest absolute Gasteiger partial charge is 0.267 e. The number of amides is 1. The molecule has 1 aromatic heterocycles. The lowest BCUT2D eigenvalue weighted by molar-refractivity contribution is -0.124. The number of carbonyl (C=O) groups is 1. The number of benzene rings is 1. The highest BCUT2D eigenvalue weighted by Crippen LogP contribution is 2.24. The van der Waals surface area contributed by atoms with E-state index in [4.69, 9.17) is 9.94 Å². The number of fused-ring (bicyclic) bond motifs is 1. The molecule has 3 N–H and O–H groups in total. The molecular formula is C24H37N3O3. The minimum Gasteiger partial charge on any atom is -0.383 e. The molecule has 6 nitrogen and oxygen atoms in total. The zero-order valence-corrected chi connectivity index (χ0v) is 18.9. The van der Waals surface area contributed by atoms with Crippen LogP contribution in [0, 0.1) is 0 Å². The third-order valence-electron chi connectivity index (χ3n) is 3.87. The molecule has 1 heterocycles. The first-order chi connectivity index (χ1) is 14.6. The van der Waals surface area contributed by atoms with Crippen LogP contribution in [0.5, 0.6) is 0 Å². The average Bonchev–Trinajstić information content (AvgIpc) is 3.12. The highest BCUT2D eigenvalue weighted by atomic mass is 16.5. The van der Waals surface area contributed by atoms with Gasteiger partial charge in [0.1, 0.15) is 0 Å². The highest BCUT2D eigenvalue weighted by molar-refractivity contribution is 5.92. The van der Waals surface area contributed by atoms with E-state index in [2.05, 4.69) is 28.7 Å². The van der Waals surface area contributed by atoms with E-state index >= 15 is 0 Å². The molecule has 166 valence electrons. The van der Waals surface area contributed by atoms with E-state index in [1.165, 1.54) is 11.6 Å². The maximum absolute atomic E-state index is 11.2. The second-order valence-corrected chi connectivity index (χ2v) is 6.03. The van der Waals surface area contributed by atoms with E-state index in [1.807, 2.05) is 52.0 Å². The lowest BCUT2D eigenvalue weighted by atomic mass is 10.1. The van der Waals surface area contributed by atoms with E-state index < -0.39 is 5.91 Å². The molecule has 2 rings (SSSR count). The van der Waals surface area contributed by atoms with Gasteiger partial charge in [0, 0.05) is 49.9 Å². The number of hydrogen-bond acceptors (Lipinski definition) is 4. The van der Waals surface area contributed by atoms with E-state index in [0.29, 0.717) is 6.61 Å². The maximum atomic E-state index is 11.2. The quantitative estimate of drug-likeness (QED) is 0.183. The van der Waals surface area contributed by atoms with Gasteiger partial charge in [0.15, 0.2) is 0 Å². The number of ether oxygens (including phenoxy) is 1. The molecular weight excluding hydrogens is 378 g/mol. The van der Waals surface area contributed by atoms with E-state index in [9.17, 15) is 4.79 Å². The first kappa shape index (κ1) is 27.3. The van der Waals surface area contributed by atoms with Crippen LogP contribution in [0.4, 0.5) is 0 Å². The van der Waals surface area contributed by atoms with Crippen LogP contribution in [0.2, 0.25) is 0 Å². The van der Waals surface area contributed by atoms with Crippen LogP contribution in [0.15, 0.2) is 55.3 Å². The summed E-state index contributed by atoms with van der Waals surface area (Å²) in [4.78, 5) is 11.2. The Morgan fingerprint density at radius 2 is 2.00 bits per heavy atom. The number of carbonyl (C=O) groups excluding carboxylic acids is 1. The monoisotopic (exact) mass is 415 g/mol. The van der Waals surface area contributed by atoms with E-state index in [0.717, 1.165) is 36.1 Å². The Morgan fingerprint density at radius 1 is 1.30 bits per heavy atom. The molecule has 0 fully saturated rings. The average molecular weight is 416 g/mol. The van der Waals surface area contributed by atoms with Crippen molar-refractivity contribution in [2.75, 3.05) is 20.3 Å². The van der Waals surface area contributed by atoms with Gasteiger partial charge in [-0.3, -0.25) is 10.0 Å². The summed E-state index contributed by atoms with van der Waals surface area (Å²) in [5.41, 5.74) is 4.81. The predicted molar refractivity (Wildman–Crippen MR) is 127 cm³/mol. The molecule has 0 atom stereocenters. The number of allylic oxidation sites excluding steroid dienone is 2. The van der Waals surface area contributed by atoms with Gasteiger partial charge < -0.3 is 14.6 Å². The van der Waals surface area contributed by atoms with Crippen molar-refractivity contribution in [2.45, 2.75) is 40.8 Å². The van der Waals surface area contributed by atoms with Crippen LogP contribution < -0.4 is 10.8 Å². The molecule has 2 aromatic rings. The van der Waals surface area contributed by atoms with Crippen LogP contribution in [0.3, 0.4) is 0 Å². The van der Waals surface area contributed by atoms with Gasteiger partial charge in [0.25, 0.3) is 5.91 Å². The summed E-state index contributed by atoms with van der Waals surface area (Å²) in [5.74, 6) is -0.550. The molecule has 0 radical (unpaired) electrons. The first-order valence-corrected chi connectivity index (χ1v) is 10.2. The molecule has 0 saturated carbocycles. The Balaban J connectivity index is 0.00000154. The SMILES string of the molecule is C/C=C/CNCc1cn(CCOC)c2ccc(/C=C/C(=O)NO)cc12.C=CC.CC. The Labute approximate surface area is 180 Å². The summed E-state index contributed by atoms with van der Waals surface area (Å²) in [7, 11) is 1.69. The van der Waals surface area contributed by atoms with Crippen molar-refractivity contribution in [2.24, 2.45) is 0 Å². The minimum atomic E-state index is -0.550. The van der Waals surface area contributed by atoms with Crippen molar-refractivity contribution in [3.05, 3.63) is 66.4 Å². The largest absolute Gasteiger partial charge is 0.383 e. The van der Waals surface area contributed by atoms with Crippen molar-refractivity contribution in [1.82, 2.24) is 15.4 Å². The molecule has 0 aliphatic heterocycles. The zero-order chi connectivity index (χ0) is 22.8. The van der Waals surface area contributed by atoms with Crippen LogP contribution >= 0.6 is 0 Å². The summed E-state index contributed by atoms with van der Waals surface area (Å²) in [5, 5.41) is 13.1. The third-order valence-corrected chi connectivity index (χ3v) is 3.87. The normalized spacial score (nSPS) is 10.5. The van der Waals surface area contributed by atoms with Gasteiger partial charge in [-0.15, -0.1) is 6.58 Å². The second-order valence-electron chi connectivity index (χ2n) is 6.03. The van der Waals surface area contributed by atoms with Gasteiger partial charge in [0.05, 0.1) is 6.61 Å². The number of aromatic nitrogens is 1. The number of nitrogens with zero attached hydrogens (tertiary/aromatic N) is 1. The lowest BCUT2D eigenvalue weighted by Gasteiger charge is -2.04. The summed E-state index contributed by atoms with van der Waals surface area (Å²) >= 11 is 0. The number of hydroxylamine groups is 1. The molecule has 0 aliphatic rings. The lowest BCUT2D eigenvalue weighted by Crippen LogP contribution is -2.14. The molecule has 0 bridgehead atoms. The van der Waals surface area contributed by atoms with Gasteiger partial charge in [0.2, 0.25) is 0 Å². The number of methoxy groups -OCH3 is 1. The first-order valence-electron chi connectivity index (χ1n) is 10.2. The van der Waals surface area contributed by atoms with Gasteiger partial charge in [-0.05, 0) is 43.2 Å². The van der Waals surface area contributed by atoms with Gasteiger partial charge >= 0.3 is 0 Å². The molecule has 0 spiro atoms. The number of hydrogen-bond donors (Lipinski definition) is 3. The van der Waals surface area contributed by atoms with Crippen molar-refractivity contribution in [3.63, 3.8) is 0 Å². The standard InChI is InChI=1S/C19H25N3O3.C3H6.C2H6/c1-3-4-9-20-13-16-14-22(10-11-25-2)18-7-5-15(12-17(16)18)6-8-19(23)21-24;1-3-2;1-2/h3-8,12,14,20,24H,9-11,13H2,1-2H3,(H,21,23);3H,1H2,2H3;1-2H3/b4-3+,8-6+;;. The van der Waals surface area contributed by atoms with Crippen LogP contribution in [0.1, 0.15) is 38.8 Å². The topological polar surface area (TPSA) is 75.5 Å². The van der Waals surface area contributed by atoms with Gasteiger partial charge in [-0.2, -0.15) is 0 Å². The summed E-state index contributed by atoms with van der Waals surface area (Å²) in [6, 6.07) is 6.03. The fourth-order valence-electron chi connectivity index (χ4n) is 2.62. The summed E-state index contributed by atoms with van der Waals surface area (Å²) in [6.45, 7) is 14.2. The summed E-state index contributed by atoms with van der Waals surface area (Å²) < 4.78 is 7.37.